The van der Waals surface area contributed by atoms with Crippen LogP contribution in [0.5, 0.6) is 0 Å². The van der Waals surface area contributed by atoms with Crippen LogP contribution in [0.1, 0.15) is 32.4 Å². The lowest BCUT2D eigenvalue weighted by Gasteiger charge is -2.20. The predicted octanol–water partition coefficient (Wildman–Crippen LogP) is 1.56. The molecule has 2 atom stereocenters. The molecular weight excluding hydrogens is 202 g/mol. The Kier molecular flexibility index (Phi) is 3.96. The molecule has 1 aromatic heterocycles. The van der Waals surface area contributed by atoms with E-state index in [1.54, 1.807) is 0 Å². The second kappa shape index (κ2) is 5.46. The molecule has 16 heavy (non-hydrogen) atoms. The summed E-state index contributed by atoms with van der Waals surface area (Å²) in [5.41, 5.74) is 1.24. The van der Waals surface area contributed by atoms with Crippen LogP contribution >= 0.6 is 0 Å². The number of ether oxygens (including phenoxy) is 1. The zero-order chi connectivity index (χ0) is 11.4. The summed E-state index contributed by atoms with van der Waals surface area (Å²) in [6, 6.07) is 0.419. The molecule has 1 aromatic rings. The summed E-state index contributed by atoms with van der Waals surface area (Å²) in [6.07, 6.45) is 6.58. The van der Waals surface area contributed by atoms with E-state index in [4.69, 9.17) is 4.74 Å². The van der Waals surface area contributed by atoms with Gasteiger partial charge in [-0.05, 0) is 26.7 Å². The molecule has 1 fully saturated rings. The SMILES string of the molecule is CCn1cncc1CNC(C)C1CCCO1. The van der Waals surface area contributed by atoms with Crippen LogP contribution in [0.15, 0.2) is 12.5 Å². The molecule has 0 amide bonds. The van der Waals surface area contributed by atoms with Crippen molar-refractivity contribution >= 4 is 0 Å². The lowest BCUT2D eigenvalue weighted by molar-refractivity contribution is 0.0830. The van der Waals surface area contributed by atoms with Gasteiger partial charge < -0.3 is 14.6 Å². The molecule has 0 saturated carbocycles. The van der Waals surface area contributed by atoms with Crippen molar-refractivity contribution in [1.82, 2.24) is 14.9 Å². The zero-order valence-corrected chi connectivity index (χ0v) is 10.1. The number of aromatic nitrogens is 2. The maximum atomic E-state index is 5.66. The minimum Gasteiger partial charge on any atom is -0.377 e. The van der Waals surface area contributed by atoms with Gasteiger partial charge in [-0.15, -0.1) is 0 Å². The molecule has 2 heterocycles. The lowest BCUT2D eigenvalue weighted by atomic mass is 10.1. The molecule has 4 heteroatoms. The zero-order valence-electron chi connectivity index (χ0n) is 10.1. The molecule has 4 nitrogen and oxygen atoms in total. The second-order valence-corrected chi connectivity index (χ2v) is 4.39. The van der Waals surface area contributed by atoms with E-state index in [-0.39, 0.29) is 0 Å². The summed E-state index contributed by atoms with van der Waals surface area (Å²) < 4.78 is 7.82. The van der Waals surface area contributed by atoms with Gasteiger partial charge in [-0.25, -0.2) is 4.98 Å². The smallest absolute Gasteiger partial charge is 0.0948 e. The monoisotopic (exact) mass is 223 g/mol. The fraction of sp³-hybridized carbons (Fsp3) is 0.750. The number of rotatable bonds is 5. The van der Waals surface area contributed by atoms with E-state index in [1.807, 2.05) is 12.5 Å². The first-order valence-corrected chi connectivity index (χ1v) is 6.15. The molecule has 0 bridgehead atoms. The van der Waals surface area contributed by atoms with Crippen LogP contribution in [0.25, 0.3) is 0 Å². The van der Waals surface area contributed by atoms with Crippen LogP contribution in [-0.4, -0.2) is 28.3 Å². The molecule has 90 valence electrons. The van der Waals surface area contributed by atoms with Gasteiger partial charge in [0, 0.05) is 31.9 Å². The van der Waals surface area contributed by atoms with E-state index in [2.05, 4.69) is 28.7 Å². The van der Waals surface area contributed by atoms with Crippen molar-refractivity contribution in [2.45, 2.75) is 51.9 Å². The lowest BCUT2D eigenvalue weighted by Crippen LogP contribution is -2.36. The Morgan fingerprint density at radius 3 is 3.25 bits per heavy atom. The Labute approximate surface area is 97.0 Å². The number of hydrogen-bond donors (Lipinski definition) is 1. The number of nitrogens with zero attached hydrogens (tertiary/aromatic N) is 2. The van der Waals surface area contributed by atoms with Gasteiger partial charge in [0.2, 0.25) is 0 Å². The maximum Gasteiger partial charge on any atom is 0.0948 e. The Morgan fingerprint density at radius 1 is 1.69 bits per heavy atom. The van der Waals surface area contributed by atoms with Gasteiger partial charge in [-0.2, -0.15) is 0 Å². The quantitative estimate of drug-likeness (QED) is 0.823. The minimum atomic E-state index is 0.387. The second-order valence-electron chi connectivity index (χ2n) is 4.39. The summed E-state index contributed by atoms with van der Waals surface area (Å²) in [4.78, 5) is 4.16. The maximum absolute atomic E-state index is 5.66. The molecular formula is C12H21N3O. The Hall–Kier alpha value is -0.870. The summed E-state index contributed by atoms with van der Waals surface area (Å²) in [6.45, 7) is 7.10. The van der Waals surface area contributed by atoms with E-state index in [0.29, 0.717) is 12.1 Å². The molecule has 0 aromatic carbocycles. The predicted molar refractivity (Wildman–Crippen MR) is 63.2 cm³/mol. The van der Waals surface area contributed by atoms with Crippen LogP contribution < -0.4 is 5.32 Å². The van der Waals surface area contributed by atoms with Crippen molar-refractivity contribution in [3.63, 3.8) is 0 Å². The third-order valence-corrected chi connectivity index (χ3v) is 3.27. The van der Waals surface area contributed by atoms with Crippen LogP contribution in [0.3, 0.4) is 0 Å². The van der Waals surface area contributed by atoms with Crippen molar-refractivity contribution in [2.24, 2.45) is 0 Å². The number of imidazole rings is 1. The Balaban J connectivity index is 1.82. The van der Waals surface area contributed by atoms with Gasteiger partial charge in [0.05, 0.1) is 18.1 Å². The molecule has 2 rings (SSSR count). The fourth-order valence-electron chi connectivity index (χ4n) is 2.17. The summed E-state index contributed by atoms with van der Waals surface area (Å²) >= 11 is 0. The minimum absolute atomic E-state index is 0.387. The van der Waals surface area contributed by atoms with Gasteiger partial charge >= 0.3 is 0 Å². The van der Waals surface area contributed by atoms with Gasteiger partial charge in [-0.3, -0.25) is 0 Å². The topological polar surface area (TPSA) is 39.1 Å². The first-order valence-electron chi connectivity index (χ1n) is 6.15. The largest absolute Gasteiger partial charge is 0.377 e. The van der Waals surface area contributed by atoms with Crippen molar-refractivity contribution in [2.75, 3.05) is 6.61 Å². The van der Waals surface area contributed by atoms with Gasteiger partial charge in [0.15, 0.2) is 0 Å². The van der Waals surface area contributed by atoms with Crippen molar-refractivity contribution in [1.29, 1.82) is 0 Å². The van der Waals surface area contributed by atoms with E-state index in [1.165, 1.54) is 18.5 Å². The van der Waals surface area contributed by atoms with Crippen molar-refractivity contribution in [3.8, 4) is 0 Å². The highest BCUT2D eigenvalue weighted by molar-refractivity contribution is 4.98. The highest BCUT2D eigenvalue weighted by Gasteiger charge is 2.21. The average molecular weight is 223 g/mol. The van der Waals surface area contributed by atoms with Crippen LogP contribution in [0.2, 0.25) is 0 Å². The third-order valence-electron chi connectivity index (χ3n) is 3.27. The van der Waals surface area contributed by atoms with Crippen LogP contribution in [-0.2, 0) is 17.8 Å². The highest BCUT2D eigenvalue weighted by atomic mass is 16.5. The van der Waals surface area contributed by atoms with Gasteiger partial charge in [-0.1, -0.05) is 0 Å². The molecule has 2 unspecified atom stereocenters. The van der Waals surface area contributed by atoms with E-state index < -0.39 is 0 Å². The van der Waals surface area contributed by atoms with Crippen LogP contribution in [0.4, 0.5) is 0 Å². The third kappa shape index (κ3) is 2.62. The molecule has 0 spiro atoms. The standard InChI is InChI=1S/C12H21N3O/c1-3-15-9-13-7-11(15)8-14-10(2)12-5-4-6-16-12/h7,9-10,12,14H,3-6,8H2,1-2H3. The summed E-state index contributed by atoms with van der Waals surface area (Å²) in [5, 5.41) is 3.52. The first-order chi connectivity index (χ1) is 7.81. The van der Waals surface area contributed by atoms with E-state index in [0.717, 1.165) is 19.7 Å². The molecule has 0 aliphatic carbocycles. The molecule has 0 radical (unpaired) electrons. The molecule has 1 aliphatic rings. The van der Waals surface area contributed by atoms with E-state index >= 15 is 0 Å². The number of aryl methyl sites for hydroxylation is 1. The van der Waals surface area contributed by atoms with E-state index in [9.17, 15) is 0 Å². The highest BCUT2D eigenvalue weighted by Crippen LogP contribution is 2.15. The summed E-state index contributed by atoms with van der Waals surface area (Å²) in [5.74, 6) is 0. The Bertz CT molecular complexity index is 318. The molecule has 1 aliphatic heterocycles. The summed E-state index contributed by atoms with van der Waals surface area (Å²) in [7, 11) is 0. The normalized spacial score (nSPS) is 22.5. The number of nitrogens with one attached hydrogen (secondary N) is 1. The molecule has 1 saturated heterocycles. The average Bonchev–Trinajstić information content (AvgIpc) is 2.96. The van der Waals surface area contributed by atoms with Gasteiger partial charge in [0.25, 0.3) is 0 Å². The van der Waals surface area contributed by atoms with Gasteiger partial charge in [0.1, 0.15) is 0 Å². The van der Waals surface area contributed by atoms with Crippen molar-refractivity contribution < 1.29 is 4.74 Å². The fourth-order valence-corrected chi connectivity index (χ4v) is 2.17. The first kappa shape index (κ1) is 11.6. The Morgan fingerprint density at radius 2 is 2.56 bits per heavy atom. The number of hydrogen-bond acceptors (Lipinski definition) is 3. The molecule has 1 N–H and O–H groups in total. The van der Waals surface area contributed by atoms with Crippen molar-refractivity contribution in [3.05, 3.63) is 18.2 Å². The van der Waals surface area contributed by atoms with Crippen LogP contribution in [0, 0.1) is 0 Å².